The Hall–Kier alpha value is -1.75. The molecule has 3 rings (SSSR count). The molecule has 0 aliphatic carbocycles. The summed E-state index contributed by atoms with van der Waals surface area (Å²) in [4.78, 5) is 14.3. The van der Waals surface area contributed by atoms with Crippen molar-refractivity contribution in [2.45, 2.75) is 38.3 Å². The highest BCUT2D eigenvalue weighted by molar-refractivity contribution is 5.74. The molecule has 0 radical (unpaired) electrons. The van der Waals surface area contributed by atoms with Gasteiger partial charge in [0.05, 0.1) is 12.7 Å². The van der Waals surface area contributed by atoms with Crippen molar-refractivity contribution in [1.29, 1.82) is 0 Å². The minimum Gasteiger partial charge on any atom is -0.496 e. The Labute approximate surface area is 131 Å². The van der Waals surface area contributed by atoms with Gasteiger partial charge >= 0.3 is 6.03 Å². The molecule has 0 saturated carbocycles. The number of rotatable bonds is 3. The van der Waals surface area contributed by atoms with E-state index in [1.807, 2.05) is 17.0 Å². The number of hydrogen-bond acceptors (Lipinski definition) is 3. The van der Waals surface area contributed by atoms with E-state index in [0.29, 0.717) is 13.1 Å². The fraction of sp³-hybridized carbons (Fsp3) is 0.588. The Morgan fingerprint density at radius 2 is 2.36 bits per heavy atom. The molecule has 1 aromatic rings. The highest BCUT2D eigenvalue weighted by Crippen LogP contribution is 2.28. The van der Waals surface area contributed by atoms with E-state index in [0.717, 1.165) is 38.2 Å². The van der Waals surface area contributed by atoms with Crippen LogP contribution in [-0.4, -0.2) is 43.3 Å². The first-order chi connectivity index (χ1) is 10.6. The van der Waals surface area contributed by atoms with Crippen LogP contribution in [0.25, 0.3) is 0 Å². The molecule has 2 aliphatic rings. The molecule has 1 saturated heterocycles. The van der Waals surface area contributed by atoms with Crippen LogP contribution in [0, 0.1) is 0 Å². The fourth-order valence-electron chi connectivity index (χ4n) is 3.29. The van der Waals surface area contributed by atoms with Crippen LogP contribution in [0.3, 0.4) is 0 Å². The number of hydrogen-bond donors (Lipinski definition) is 1. The second-order valence-corrected chi connectivity index (χ2v) is 6.33. The Bertz CT molecular complexity index is 553. The lowest BCUT2D eigenvalue weighted by atomic mass is 9.99. The third-order valence-corrected chi connectivity index (χ3v) is 4.64. The molecule has 5 heteroatoms. The van der Waals surface area contributed by atoms with E-state index in [4.69, 9.17) is 9.47 Å². The summed E-state index contributed by atoms with van der Waals surface area (Å²) >= 11 is 0. The smallest absolute Gasteiger partial charge is 0.317 e. The molecule has 0 spiro atoms. The summed E-state index contributed by atoms with van der Waals surface area (Å²) in [6, 6.07) is 6.02. The average molecular weight is 304 g/mol. The average Bonchev–Trinajstić information content (AvgIpc) is 2.98. The topological polar surface area (TPSA) is 50.8 Å². The summed E-state index contributed by atoms with van der Waals surface area (Å²) in [5, 5.41) is 3.02. The van der Waals surface area contributed by atoms with Crippen molar-refractivity contribution in [1.82, 2.24) is 10.2 Å². The van der Waals surface area contributed by atoms with Crippen LogP contribution in [0.5, 0.6) is 5.75 Å². The van der Waals surface area contributed by atoms with E-state index in [-0.39, 0.29) is 11.6 Å². The third kappa shape index (κ3) is 3.04. The van der Waals surface area contributed by atoms with Crippen molar-refractivity contribution < 1.29 is 14.3 Å². The lowest BCUT2D eigenvalue weighted by Gasteiger charge is -2.31. The molecule has 1 fully saturated rings. The molecule has 2 heterocycles. The first-order valence-electron chi connectivity index (χ1n) is 7.93. The molecule has 2 aliphatic heterocycles. The lowest BCUT2D eigenvalue weighted by Crippen LogP contribution is -2.47. The van der Waals surface area contributed by atoms with Gasteiger partial charge < -0.3 is 19.7 Å². The zero-order chi connectivity index (χ0) is 15.6. The summed E-state index contributed by atoms with van der Waals surface area (Å²) in [7, 11) is 1.69. The van der Waals surface area contributed by atoms with Gasteiger partial charge in [-0.25, -0.2) is 4.79 Å². The number of fused-ring (bicyclic) bond motifs is 1. The van der Waals surface area contributed by atoms with Gasteiger partial charge in [0.1, 0.15) is 5.75 Å². The Morgan fingerprint density at radius 1 is 1.50 bits per heavy atom. The molecular formula is C17H24N2O3. The first kappa shape index (κ1) is 15.2. The van der Waals surface area contributed by atoms with Gasteiger partial charge in [-0.1, -0.05) is 12.1 Å². The number of methoxy groups -OCH3 is 1. The molecular weight excluding hydrogens is 280 g/mol. The van der Waals surface area contributed by atoms with Gasteiger partial charge in [-0.15, -0.1) is 0 Å². The van der Waals surface area contributed by atoms with E-state index in [1.165, 1.54) is 11.1 Å². The molecule has 22 heavy (non-hydrogen) atoms. The Kier molecular flexibility index (Phi) is 4.25. The monoisotopic (exact) mass is 304 g/mol. The van der Waals surface area contributed by atoms with Crippen LogP contribution in [-0.2, 0) is 17.7 Å². The van der Waals surface area contributed by atoms with Crippen molar-refractivity contribution in [2.75, 3.05) is 26.8 Å². The molecule has 1 aromatic carbocycles. The number of nitrogens with zero attached hydrogens (tertiary/aromatic N) is 1. The van der Waals surface area contributed by atoms with Crippen molar-refractivity contribution >= 4 is 6.03 Å². The Balaban J connectivity index is 1.60. The zero-order valence-corrected chi connectivity index (χ0v) is 13.4. The number of carbonyl (C=O) groups is 1. The van der Waals surface area contributed by atoms with Crippen LogP contribution < -0.4 is 10.1 Å². The van der Waals surface area contributed by atoms with Crippen LogP contribution >= 0.6 is 0 Å². The summed E-state index contributed by atoms with van der Waals surface area (Å²) in [5.74, 6) is 0.921. The van der Waals surface area contributed by atoms with Crippen LogP contribution in [0.4, 0.5) is 4.79 Å². The second kappa shape index (κ2) is 6.16. The molecule has 0 bridgehead atoms. The molecule has 5 nitrogen and oxygen atoms in total. The van der Waals surface area contributed by atoms with Crippen LogP contribution in [0.15, 0.2) is 18.2 Å². The molecule has 2 amide bonds. The third-order valence-electron chi connectivity index (χ3n) is 4.64. The largest absolute Gasteiger partial charge is 0.496 e. The van der Waals surface area contributed by atoms with Gasteiger partial charge in [0, 0.05) is 31.8 Å². The molecule has 0 unspecified atom stereocenters. The predicted octanol–water partition coefficient (Wildman–Crippen LogP) is 2.33. The van der Waals surface area contributed by atoms with Gasteiger partial charge in [-0.3, -0.25) is 0 Å². The van der Waals surface area contributed by atoms with E-state index in [9.17, 15) is 4.79 Å². The highest BCUT2D eigenvalue weighted by atomic mass is 16.5. The number of amides is 2. The van der Waals surface area contributed by atoms with Crippen LogP contribution in [0.1, 0.15) is 30.9 Å². The van der Waals surface area contributed by atoms with Crippen molar-refractivity contribution in [3.8, 4) is 5.75 Å². The maximum atomic E-state index is 12.4. The van der Waals surface area contributed by atoms with E-state index < -0.39 is 0 Å². The van der Waals surface area contributed by atoms with Gasteiger partial charge in [0.15, 0.2) is 0 Å². The first-order valence-corrected chi connectivity index (χ1v) is 7.93. The second-order valence-electron chi connectivity index (χ2n) is 6.33. The number of carbonyl (C=O) groups excluding carboxylic acids is 1. The maximum Gasteiger partial charge on any atom is 0.317 e. The zero-order valence-electron chi connectivity index (χ0n) is 13.4. The van der Waals surface area contributed by atoms with E-state index in [1.54, 1.807) is 7.11 Å². The molecule has 1 atom stereocenters. The normalized spacial score (nSPS) is 24.0. The van der Waals surface area contributed by atoms with Gasteiger partial charge in [-0.05, 0) is 37.8 Å². The summed E-state index contributed by atoms with van der Waals surface area (Å²) in [6.45, 7) is 4.79. The van der Waals surface area contributed by atoms with Crippen molar-refractivity contribution in [3.63, 3.8) is 0 Å². The van der Waals surface area contributed by atoms with Crippen LogP contribution in [0.2, 0.25) is 0 Å². The summed E-state index contributed by atoms with van der Waals surface area (Å²) in [6.07, 6.45) is 2.91. The summed E-state index contributed by atoms with van der Waals surface area (Å²) < 4.78 is 11.1. The Morgan fingerprint density at radius 3 is 3.09 bits per heavy atom. The highest BCUT2D eigenvalue weighted by Gasteiger charge is 2.31. The van der Waals surface area contributed by atoms with Gasteiger partial charge in [0.25, 0.3) is 0 Å². The fourth-order valence-corrected chi connectivity index (χ4v) is 3.29. The summed E-state index contributed by atoms with van der Waals surface area (Å²) in [5.41, 5.74) is 2.19. The maximum absolute atomic E-state index is 12.4. The minimum absolute atomic E-state index is 0.00908. The van der Waals surface area contributed by atoms with Crippen molar-refractivity contribution in [3.05, 3.63) is 29.3 Å². The quantitative estimate of drug-likeness (QED) is 0.932. The molecule has 0 aromatic heterocycles. The SMILES string of the molecule is COc1cccc2c1CCN(C(=O)NC[C@@]1(C)CCCO1)C2. The van der Waals surface area contributed by atoms with Crippen molar-refractivity contribution in [2.24, 2.45) is 0 Å². The number of benzene rings is 1. The number of ether oxygens (including phenoxy) is 2. The number of nitrogens with one attached hydrogen (secondary N) is 1. The van der Waals surface area contributed by atoms with Gasteiger partial charge in [0.2, 0.25) is 0 Å². The number of urea groups is 1. The lowest BCUT2D eigenvalue weighted by molar-refractivity contribution is 0.0218. The van der Waals surface area contributed by atoms with E-state index >= 15 is 0 Å². The standard InChI is InChI=1S/C17H24N2O3/c1-17(8-4-10-22-17)12-18-16(20)19-9-7-14-13(11-19)5-3-6-15(14)21-2/h3,5-6H,4,7-12H2,1-2H3,(H,18,20)/t17-/m1/s1. The minimum atomic E-state index is -0.202. The van der Waals surface area contributed by atoms with Gasteiger partial charge in [-0.2, -0.15) is 0 Å². The predicted molar refractivity (Wildman–Crippen MR) is 84.1 cm³/mol. The molecule has 120 valence electrons. The van der Waals surface area contributed by atoms with E-state index in [2.05, 4.69) is 18.3 Å². The molecule has 1 N–H and O–H groups in total.